The molecular formula is C17H27N5O4. The van der Waals surface area contributed by atoms with Crippen molar-refractivity contribution in [2.75, 3.05) is 50.2 Å². The first-order valence-corrected chi connectivity index (χ1v) is 9.29. The van der Waals surface area contributed by atoms with E-state index in [1.807, 2.05) is 0 Å². The Morgan fingerprint density at radius 2 is 1.69 bits per heavy atom. The second-order valence-electron chi connectivity index (χ2n) is 7.02. The molecule has 3 rings (SSSR count). The highest BCUT2D eigenvalue weighted by molar-refractivity contribution is 5.60. The SMILES string of the molecule is Cc1nc(NCC2CCCOC2)nc(NCC2CCCOC2)c1[N+](=O)[O-]. The maximum absolute atomic E-state index is 11.4. The summed E-state index contributed by atoms with van der Waals surface area (Å²) in [5.74, 6) is 1.45. The molecule has 26 heavy (non-hydrogen) atoms. The van der Waals surface area contributed by atoms with Crippen molar-refractivity contribution >= 4 is 17.5 Å². The first-order valence-electron chi connectivity index (χ1n) is 9.29. The van der Waals surface area contributed by atoms with Crippen LogP contribution in [0, 0.1) is 28.9 Å². The van der Waals surface area contributed by atoms with E-state index in [0.717, 1.165) is 45.5 Å². The number of hydrogen-bond acceptors (Lipinski definition) is 8. The van der Waals surface area contributed by atoms with Crippen LogP contribution in [0.15, 0.2) is 0 Å². The lowest BCUT2D eigenvalue weighted by molar-refractivity contribution is -0.385. The molecular weight excluding hydrogens is 338 g/mol. The number of rotatable bonds is 7. The molecule has 2 saturated heterocycles. The fourth-order valence-electron chi connectivity index (χ4n) is 3.40. The van der Waals surface area contributed by atoms with Crippen molar-refractivity contribution in [2.24, 2.45) is 11.8 Å². The predicted molar refractivity (Wildman–Crippen MR) is 97.5 cm³/mol. The van der Waals surface area contributed by atoms with E-state index in [1.165, 1.54) is 0 Å². The molecule has 3 heterocycles. The lowest BCUT2D eigenvalue weighted by Crippen LogP contribution is -2.26. The molecule has 0 aromatic carbocycles. The average Bonchev–Trinajstić information content (AvgIpc) is 2.66. The van der Waals surface area contributed by atoms with Gasteiger partial charge in [-0.05, 0) is 44.4 Å². The number of aryl methyl sites for hydroxylation is 1. The molecule has 2 aliphatic heterocycles. The Morgan fingerprint density at radius 3 is 2.23 bits per heavy atom. The average molecular weight is 365 g/mol. The number of nitro groups is 1. The van der Waals surface area contributed by atoms with Crippen molar-refractivity contribution in [3.8, 4) is 0 Å². The minimum absolute atomic E-state index is 0.0618. The summed E-state index contributed by atoms with van der Waals surface area (Å²) in [5, 5.41) is 17.8. The predicted octanol–water partition coefficient (Wildman–Crippen LogP) is 2.37. The highest BCUT2D eigenvalue weighted by atomic mass is 16.6. The van der Waals surface area contributed by atoms with E-state index in [2.05, 4.69) is 20.6 Å². The summed E-state index contributed by atoms with van der Waals surface area (Å²) in [6, 6.07) is 0. The van der Waals surface area contributed by atoms with Crippen LogP contribution in [-0.2, 0) is 9.47 Å². The number of anilines is 2. The third-order valence-electron chi connectivity index (χ3n) is 4.86. The van der Waals surface area contributed by atoms with Gasteiger partial charge in [0.1, 0.15) is 5.69 Å². The first-order chi connectivity index (χ1) is 12.6. The first kappa shape index (κ1) is 18.8. The minimum Gasteiger partial charge on any atom is -0.381 e. The van der Waals surface area contributed by atoms with Crippen LogP contribution in [0.2, 0.25) is 0 Å². The number of nitrogens with one attached hydrogen (secondary N) is 2. The molecule has 2 aliphatic rings. The Bertz CT molecular complexity index is 615. The molecule has 1 aromatic heterocycles. The zero-order chi connectivity index (χ0) is 18.4. The third-order valence-corrected chi connectivity index (χ3v) is 4.86. The molecule has 0 saturated carbocycles. The van der Waals surface area contributed by atoms with Gasteiger partial charge in [-0.15, -0.1) is 0 Å². The largest absolute Gasteiger partial charge is 0.381 e. The van der Waals surface area contributed by atoms with Crippen LogP contribution < -0.4 is 10.6 Å². The third kappa shape index (κ3) is 5.01. The van der Waals surface area contributed by atoms with Gasteiger partial charge in [0.15, 0.2) is 0 Å². The van der Waals surface area contributed by atoms with Gasteiger partial charge >= 0.3 is 5.69 Å². The Morgan fingerprint density at radius 1 is 1.08 bits per heavy atom. The fourth-order valence-corrected chi connectivity index (χ4v) is 3.40. The zero-order valence-electron chi connectivity index (χ0n) is 15.2. The van der Waals surface area contributed by atoms with Crippen molar-refractivity contribution in [1.82, 2.24) is 9.97 Å². The molecule has 2 atom stereocenters. The van der Waals surface area contributed by atoms with Gasteiger partial charge in [0.2, 0.25) is 11.8 Å². The minimum atomic E-state index is -0.423. The fraction of sp³-hybridized carbons (Fsp3) is 0.765. The summed E-state index contributed by atoms with van der Waals surface area (Å²) in [7, 11) is 0. The normalized spacial score (nSPS) is 23.4. The second kappa shape index (κ2) is 9.09. The lowest BCUT2D eigenvalue weighted by Gasteiger charge is -2.23. The van der Waals surface area contributed by atoms with E-state index in [1.54, 1.807) is 6.92 Å². The van der Waals surface area contributed by atoms with Crippen LogP contribution in [0.4, 0.5) is 17.5 Å². The second-order valence-corrected chi connectivity index (χ2v) is 7.02. The Kier molecular flexibility index (Phi) is 6.56. The van der Waals surface area contributed by atoms with Crippen molar-refractivity contribution in [1.29, 1.82) is 0 Å². The van der Waals surface area contributed by atoms with Gasteiger partial charge in [0, 0.05) is 26.3 Å². The van der Waals surface area contributed by atoms with E-state index in [0.29, 0.717) is 43.2 Å². The number of nitrogens with zero attached hydrogens (tertiary/aromatic N) is 3. The molecule has 0 amide bonds. The molecule has 0 bridgehead atoms. The van der Waals surface area contributed by atoms with Gasteiger partial charge in [0.05, 0.1) is 18.1 Å². The standard InChI is InChI=1S/C17H27N5O4/c1-12-15(22(23)24)16(18-8-13-4-2-6-25-10-13)21-17(20-12)19-9-14-5-3-7-26-11-14/h13-14H,2-11H2,1H3,(H2,18,19,20,21). The molecule has 2 unspecified atom stereocenters. The van der Waals surface area contributed by atoms with Crippen LogP contribution in [0.3, 0.4) is 0 Å². The van der Waals surface area contributed by atoms with Crippen LogP contribution in [0.25, 0.3) is 0 Å². The number of ether oxygens (including phenoxy) is 2. The topological polar surface area (TPSA) is 111 Å². The van der Waals surface area contributed by atoms with Crippen LogP contribution in [0.1, 0.15) is 31.4 Å². The van der Waals surface area contributed by atoms with Crippen LogP contribution in [-0.4, -0.2) is 54.4 Å². The van der Waals surface area contributed by atoms with E-state index in [9.17, 15) is 10.1 Å². The van der Waals surface area contributed by atoms with E-state index < -0.39 is 4.92 Å². The summed E-state index contributed by atoms with van der Waals surface area (Å²) < 4.78 is 11.0. The van der Waals surface area contributed by atoms with Gasteiger partial charge in [-0.1, -0.05) is 0 Å². The molecule has 0 spiro atoms. The van der Waals surface area contributed by atoms with Crippen LogP contribution >= 0.6 is 0 Å². The number of aromatic nitrogens is 2. The monoisotopic (exact) mass is 365 g/mol. The zero-order valence-corrected chi connectivity index (χ0v) is 15.2. The smallest absolute Gasteiger partial charge is 0.332 e. The Hall–Kier alpha value is -2.00. The molecule has 0 radical (unpaired) electrons. The lowest BCUT2D eigenvalue weighted by atomic mass is 10.0. The summed E-state index contributed by atoms with van der Waals surface area (Å²) in [6.07, 6.45) is 4.24. The Labute approximate surface area is 153 Å². The summed E-state index contributed by atoms with van der Waals surface area (Å²) in [6.45, 7) is 5.97. The Balaban J connectivity index is 1.67. The van der Waals surface area contributed by atoms with Gasteiger partial charge in [0.25, 0.3) is 0 Å². The van der Waals surface area contributed by atoms with E-state index >= 15 is 0 Å². The van der Waals surface area contributed by atoms with Crippen molar-refractivity contribution < 1.29 is 14.4 Å². The molecule has 2 fully saturated rings. The van der Waals surface area contributed by atoms with Crippen LogP contribution in [0.5, 0.6) is 0 Å². The van der Waals surface area contributed by atoms with E-state index in [-0.39, 0.29) is 11.5 Å². The molecule has 9 nitrogen and oxygen atoms in total. The van der Waals surface area contributed by atoms with Gasteiger partial charge < -0.3 is 20.1 Å². The van der Waals surface area contributed by atoms with Crippen molar-refractivity contribution in [3.63, 3.8) is 0 Å². The molecule has 9 heteroatoms. The van der Waals surface area contributed by atoms with Gasteiger partial charge in [-0.25, -0.2) is 4.98 Å². The van der Waals surface area contributed by atoms with Crippen molar-refractivity contribution in [2.45, 2.75) is 32.6 Å². The van der Waals surface area contributed by atoms with Gasteiger partial charge in [-0.3, -0.25) is 10.1 Å². The summed E-state index contributed by atoms with van der Waals surface area (Å²) in [4.78, 5) is 19.6. The highest BCUT2D eigenvalue weighted by Gasteiger charge is 2.24. The molecule has 0 aliphatic carbocycles. The maximum Gasteiger partial charge on any atom is 0.332 e. The molecule has 1 aromatic rings. The van der Waals surface area contributed by atoms with Crippen molar-refractivity contribution in [3.05, 3.63) is 15.8 Å². The van der Waals surface area contributed by atoms with Gasteiger partial charge in [-0.2, -0.15) is 4.98 Å². The summed E-state index contributed by atoms with van der Waals surface area (Å²) in [5.41, 5.74) is 0.295. The maximum atomic E-state index is 11.4. The number of hydrogen-bond donors (Lipinski definition) is 2. The highest BCUT2D eigenvalue weighted by Crippen LogP contribution is 2.27. The molecule has 2 N–H and O–H groups in total. The quantitative estimate of drug-likeness (QED) is 0.559. The molecule has 144 valence electrons. The van der Waals surface area contributed by atoms with E-state index in [4.69, 9.17) is 9.47 Å². The summed E-state index contributed by atoms with van der Waals surface area (Å²) >= 11 is 0.